The summed E-state index contributed by atoms with van der Waals surface area (Å²) in [5.74, 6) is 1.25. The van der Waals surface area contributed by atoms with E-state index >= 15 is 0 Å². The van der Waals surface area contributed by atoms with E-state index in [1.54, 1.807) is 0 Å². The number of aromatic nitrogens is 1. The van der Waals surface area contributed by atoms with E-state index in [-0.39, 0.29) is 16.7 Å². The molecular weight excluding hydrogens is 334 g/mol. The fourth-order valence-electron chi connectivity index (χ4n) is 5.47. The van der Waals surface area contributed by atoms with Crippen molar-refractivity contribution in [2.45, 2.75) is 57.4 Å². The van der Waals surface area contributed by atoms with Gasteiger partial charge in [-0.05, 0) is 80.3 Å². The lowest BCUT2D eigenvalue weighted by atomic mass is 9.44. The summed E-state index contributed by atoms with van der Waals surface area (Å²) < 4.78 is 4.18. The number of hydrogen-bond acceptors (Lipinski definition) is 4. The summed E-state index contributed by atoms with van der Waals surface area (Å²) in [5, 5.41) is 5.19. The van der Waals surface area contributed by atoms with Gasteiger partial charge >= 0.3 is 0 Å². The molecule has 5 aliphatic rings. The third-order valence-corrected chi connectivity index (χ3v) is 7.84. The maximum atomic E-state index is 12.5. The van der Waals surface area contributed by atoms with Gasteiger partial charge in [0.05, 0.1) is 0 Å². The molecule has 4 aliphatic carbocycles. The molecule has 5 fully saturated rings. The summed E-state index contributed by atoms with van der Waals surface area (Å²) in [6.07, 6.45) is 8.83. The quantitative estimate of drug-likeness (QED) is 0.903. The first-order valence-corrected chi connectivity index (χ1v) is 10.4. The summed E-state index contributed by atoms with van der Waals surface area (Å²) in [7, 11) is 0. The highest BCUT2D eigenvalue weighted by Gasteiger charge is 2.61. The Bertz CT molecular complexity index is 677. The summed E-state index contributed by atoms with van der Waals surface area (Å²) in [6.45, 7) is 1.70. The van der Waals surface area contributed by atoms with E-state index in [9.17, 15) is 9.59 Å². The number of nitrogens with zero attached hydrogens (tertiary/aromatic N) is 2. The molecule has 134 valence electrons. The van der Waals surface area contributed by atoms with E-state index < -0.39 is 0 Å². The average molecular weight is 359 g/mol. The molecule has 0 aromatic carbocycles. The van der Waals surface area contributed by atoms with Crippen molar-refractivity contribution in [1.82, 2.24) is 14.6 Å². The molecule has 1 saturated heterocycles. The van der Waals surface area contributed by atoms with E-state index in [0.29, 0.717) is 17.6 Å². The molecule has 6 rings (SSSR count). The third kappa shape index (κ3) is 2.52. The van der Waals surface area contributed by atoms with Crippen LogP contribution < -0.4 is 5.32 Å². The Balaban J connectivity index is 1.15. The van der Waals surface area contributed by atoms with Crippen LogP contribution in [0.5, 0.6) is 0 Å². The molecule has 1 spiro atoms. The van der Waals surface area contributed by atoms with Gasteiger partial charge in [-0.1, -0.05) is 0 Å². The Morgan fingerprint density at radius 3 is 2.56 bits per heavy atom. The lowest BCUT2D eigenvalue weighted by molar-refractivity contribution is -0.166. The first-order chi connectivity index (χ1) is 12.1. The van der Waals surface area contributed by atoms with E-state index in [4.69, 9.17) is 0 Å². The molecule has 2 heterocycles. The topological polar surface area (TPSA) is 62.3 Å². The highest BCUT2D eigenvalue weighted by Crippen LogP contribution is 2.64. The van der Waals surface area contributed by atoms with Gasteiger partial charge in [-0.3, -0.25) is 9.59 Å². The molecule has 5 nitrogen and oxygen atoms in total. The highest BCUT2D eigenvalue weighted by atomic mass is 32.1. The van der Waals surface area contributed by atoms with Crippen LogP contribution in [0.25, 0.3) is 0 Å². The average Bonchev–Trinajstić information content (AvgIpc) is 3.17. The zero-order valence-electron chi connectivity index (χ0n) is 14.5. The number of nitrogens with one attached hydrogen (secondary N) is 1. The molecule has 0 radical (unpaired) electrons. The molecule has 1 aromatic rings. The summed E-state index contributed by atoms with van der Waals surface area (Å²) >= 11 is 1.33. The van der Waals surface area contributed by atoms with Gasteiger partial charge in [-0.15, -0.1) is 0 Å². The van der Waals surface area contributed by atoms with Gasteiger partial charge in [0, 0.05) is 29.9 Å². The van der Waals surface area contributed by atoms with Crippen molar-refractivity contribution >= 4 is 23.3 Å². The second kappa shape index (κ2) is 5.53. The van der Waals surface area contributed by atoms with Crippen LogP contribution in [0, 0.1) is 16.7 Å². The maximum absolute atomic E-state index is 12.5. The van der Waals surface area contributed by atoms with Gasteiger partial charge in [-0.25, -0.2) is 0 Å². The predicted octanol–water partition coefficient (Wildman–Crippen LogP) is 2.83. The van der Waals surface area contributed by atoms with E-state index in [1.165, 1.54) is 11.5 Å². The first kappa shape index (κ1) is 15.8. The molecule has 0 atom stereocenters. The first-order valence-electron chi connectivity index (χ1n) is 9.58. The number of carbonyl (C=O) groups excluding carboxylic acids is 2. The molecule has 2 amide bonds. The predicted molar refractivity (Wildman–Crippen MR) is 95.2 cm³/mol. The van der Waals surface area contributed by atoms with Crippen LogP contribution in [0.4, 0.5) is 0 Å². The van der Waals surface area contributed by atoms with Gasteiger partial charge in [0.15, 0.2) is 0 Å². The smallest absolute Gasteiger partial charge is 0.273 e. The fourth-order valence-corrected chi connectivity index (χ4v) is 5.97. The van der Waals surface area contributed by atoms with Crippen LogP contribution in [-0.2, 0) is 4.79 Å². The summed E-state index contributed by atoms with van der Waals surface area (Å²) in [5.41, 5.74) is 0.884. The Morgan fingerprint density at radius 1 is 1.20 bits per heavy atom. The van der Waals surface area contributed by atoms with E-state index in [1.807, 2.05) is 16.3 Å². The van der Waals surface area contributed by atoms with Crippen molar-refractivity contribution in [1.29, 1.82) is 0 Å². The third-order valence-electron chi connectivity index (χ3n) is 7.28. The van der Waals surface area contributed by atoms with Crippen LogP contribution in [0.3, 0.4) is 0 Å². The van der Waals surface area contributed by atoms with Crippen molar-refractivity contribution in [3.05, 3.63) is 17.1 Å². The van der Waals surface area contributed by atoms with Crippen LogP contribution in [0.2, 0.25) is 0 Å². The molecule has 4 saturated carbocycles. The molecule has 25 heavy (non-hydrogen) atoms. The van der Waals surface area contributed by atoms with Crippen molar-refractivity contribution < 1.29 is 9.59 Å². The Kier molecular flexibility index (Phi) is 3.50. The number of amides is 2. The summed E-state index contributed by atoms with van der Waals surface area (Å²) in [4.78, 5) is 27.0. The SMILES string of the molecule is O=C(c1ccsn1)N1CCC2(CCC(NC(=O)C34CC(C3)C4)CC2)C1. The van der Waals surface area contributed by atoms with Crippen LogP contribution >= 0.6 is 11.5 Å². The van der Waals surface area contributed by atoms with E-state index in [2.05, 4.69) is 9.69 Å². The molecule has 1 aromatic heterocycles. The minimum Gasteiger partial charge on any atom is -0.353 e. The fraction of sp³-hybridized carbons (Fsp3) is 0.737. The second-order valence-electron chi connectivity index (χ2n) is 8.87. The zero-order valence-corrected chi connectivity index (χ0v) is 15.3. The Hall–Kier alpha value is -1.43. The van der Waals surface area contributed by atoms with Gasteiger partial charge in [0.2, 0.25) is 5.91 Å². The van der Waals surface area contributed by atoms with Gasteiger partial charge < -0.3 is 10.2 Å². The lowest BCUT2D eigenvalue weighted by Crippen LogP contribution is -2.61. The van der Waals surface area contributed by atoms with Crippen LogP contribution in [0.1, 0.15) is 61.9 Å². The Labute approximate surface area is 152 Å². The van der Waals surface area contributed by atoms with Crippen LogP contribution in [-0.4, -0.2) is 40.2 Å². The number of rotatable bonds is 3. The standard InChI is InChI=1S/C19H25N3O2S/c23-16(15-3-8-25-21-15)22-7-6-18(12-22)4-1-14(2-5-18)20-17(24)19-9-13(10-19)11-19/h3,8,13-14H,1-2,4-7,9-12H2,(H,20,24). The molecule has 2 bridgehead atoms. The maximum Gasteiger partial charge on any atom is 0.273 e. The van der Waals surface area contributed by atoms with Gasteiger partial charge in [0.25, 0.3) is 5.91 Å². The molecule has 0 unspecified atom stereocenters. The van der Waals surface area contributed by atoms with Gasteiger partial charge in [-0.2, -0.15) is 4.37 Å². The lowest BCUT2D eigenvalue weighted by Gasteiger charge is -2.60. The van der Waals surface area contributed by atoms with E-state index in [0.717, 1.165) is 70.4 Å². The second-order valence-corrected chi connectivity index (χ2v) is 9.53. The van der Waals surface area contributed by atoms with Crippen molar-refractivity contribution in [2.75, 3.05) is 13.1 Å². The minimum absolute atomic E-state index is 0.0317. The number of hydrogen-bond donors (Lipinski definition) is 1. The molecule has 1 N–H and O–H groups in total. The monoisotopic (exact) mass is 359 g/mol. The normalized spacial score (nSPS) is 39.0. The zero-order chi connectivity index (χ0) is 17.1. The molecule has 1 aliphatic heterocycles. The van der Waals surface area contributed by atoms with Crippen molar-refractivity contribution in [2.24, 2.45) is 16.7 Å². The molecular formula is C19H25N3O2S. The minimum atomic E-state index is 0.0317. The van der Waals surface area contributed by atoms with Crippen LogP contribution in [0.15, 0.2) is 11.4 Å². The molecule has 6 heteroatoms. The largest absolute Gasteiger partial charge is 0.353 e. The Morgan fingerprint density at radius 2 is 1.96 bits per heavy atom. The summed E-state index contributed by atoms with van der Waals surface area (Å²) in [6, 6.07) is 2.16. The number of likely N-dealkylation sites (tertiary alicyclic amines) is 1. The van der Waals surface area contributed by atoms with Crippen molar-refractivity contribution in [3.63, 3.8) is 0 Å². The highest BCUT2D eigenvalue weighted by molar-refractivity contribution is 7.03. The van der Waals surface area contributed by atoms with Crippen molar-refractivity contribution in [3.8, 4) is 0 Å². The van der Waals surface area contributed by atoms with Gasteiger partial charge in [0.1, 0.15) is 5.69 Å². The number of carbonyl (C=O) groups is 2.